The highest BCUT2D eigenvalue weighted by molar-refractivity contribution is 6.30. The minimum Gasteiger partial charge on any atom is -0.497 e. The summed E-state index contributed by atoms with van der Waals surface area (Å²) in [6.07, 6.45) is 1.99. The molecular weight excluding hydrogens is 268 g/mol. The van der Waals surface area contributed by atoms with Gasteiger partial charge in [0.15, 0.2) is 0 Å². The van der Waals surface area contributed by atoms with E-state index in [2.05, 4.69) is 5.10 Å². The van der Waals surface area contributed by atoms with Gasteiger partial charge in [0.2, 0.25) is 0 Å². The van der Waals surface area contributed by atoms with Crippen molar-refractivity contribution in [2.24, 2.45) is 0 Å². The third-order valence-corrected chi connectivity index (χ3v) is 3.11. The largest absolute Gasteiger partial charge is 0.497 e. The average Bonchev–Trinajstić information content (AvgIpc) is 2.78. The van der Waals surface area contributed by atoms with Gasteiger partial charge in [-0.2, -0.15) is 5.10 Å². The van der Waals surface area contributed by atoms with Crippen molar-refractivity contribution < 1.29 is 14.6 Å². The second-order valence-corrected chi connectivity index (χ2v) is 4.32. The van der Waals surface area contributed by atoms with Crippen molar-refractivity contribution in [2.75, 3.05) is 7.11 Å². The van der Waals surface area contributed by atoms with Crippen molar-refractivity contribution in [2.45, 2.75) is 12.8 Å². The summed E-state index contributed by atoms with van der Waals surface area (Å²) in [5.74, 6) is -0.105. The maximum absolute atomic E-state index is 10.5. The predicted molar refractivity (Wildman–Crippen MR) is 71.1 cm³/mol. The average molecular weight is 281 g/mol. The number of carboxylic acids is 1. The Morgan fingerprint density at radius 2 is 2.11 bits per heavy atom. The number of methoxy groups -OCH3 is 1. The normalized spacial score (nSPS) is 10.4. The Bertz CT molecular complexity index is 578. The molecule has 1 N–H and O–H groups in total. The molecule has 1 heterocycles. The maximum Gasteiger partial charge on any atom is 0.303 e. The molecule has 6 heteroatoms. The minimum atomic E-state index is -0.853. The maximum atomic E-state index is 10.5. The van der Waals surface area contributed by atoms with Crippen molar-refractivity contribution in [3.63, 3.8) is 0 Å². The topological polar surface area (TPSA) is 64.4 Å². The van der Waals surface area contributed by atoms with Gasteiger partial charge in [0.1, 0.15) is 10.9 Å². The number of carboxylic acid groups (broad SMARTS) is 1. The van der Waals surface area contributed by atoms with Crippen molar-refractivity contribution in [3.05, 3.63) is 41.2 Å². The quantitative estimate of drug-likeness (QED) is 0.914. The van der Waals surface area contributed by atoms with Gasteiger partial charge in [-0.05, 0) is 30.7 Å². The molecule has 5 nitrogen and oxygen atoms in total. The zero-order chi connectivity index (χ0) is 13.8. The van der Waals surface area contributed by atoms with E-state index >= 15 is 0 Å². The van der Waals surface area contributed by atoms with Crippen LogP contribution in [0.4, 0.5) is 0 Å². The van der Waals surface area contributed by atoms with E-state index in [4.69, 9.17) is 21.4 Å². The Labute approximate surface area is 115 Å². The Morgan fingerprint density at radius 3 is 2.68 bits per heavy atom. The van der Waals surface area contributed by atoms with Crippen LogP contribution in [0.3, 0.4) is 0 Å². The molecule has 19 heavy (non-hydrogen) atoms. The van der Waals surface area contributed by atoms with E-state index in [1.165, 1.54) is 0 Å². The molecule has 0 aliphatic rings. The molecule has 0 fully saturated rings. The molecule has 0 amide bonds. The fraction of sp³-hybridized carbons (Fsp3) is 0.231. The summed E-state index contributed by atoms with van der Waals surface area (Å²) in [6.45, 7) is 0. The molecule has 0 spiro atoms. The van der Waals surface area contributed by atoms with Gasteiger partial charge >= 0.3 is 5.97 Å². The van der Waals surface area contributed by atoms with Crippen LogP contribution in [0.2, 0.25) is 5.15 Å². The number of aryl methyl sites for hydroxylation is 1. The lowest BCUT2D eigenvalue weighted by Crippen LogP contribution is -1.99. The van der Waals surface area contributed by atoms with Gasteiger partial charge in [-0.25, -0.2) is 4.68 Å². The molecule has 2 aromatic rings. The van der Waals surface area contributed by atoms with Gasteiger partial charge in [0, 0.05) is 12.0 Å². The van der Waals surface area contributed by atoms with E-state index in [1.54, 1.807) is 18.0 Å². The first-order valence-corrected chi connectivity index (χ1v) is 6.08. The monoisotopic (exact) mass is 280 g/mol. The summed E-state index contributed by atoms with van der Waals surface area (Å²) in [4.78, 5) is 10.5. The molecule has 0 aliphatic heterocycles. The highest BCUT2D eigenvalue weighted by atomic mass is 35.5. The van der Waals surface area contributed by atoms with Crippen LogP contribution in [-0.2, 0) is 11.2 Å². The zero-order valence-corrected chi connectivity index (χ0v) is 11.1. The van der Waals surface area contributed by atoms with Crippen molar-refractivity contribution in [1.82, 2.24) is 9.78 Å². The number of aliphatic carboxylic acids is 1. The van der Waals surface area contributed by atoms with Gasteiger partial charge < -0.3 is 9.84 Å². The van der Waals surface area contributed by atoms with E-state index in [0.717, 1.165) is 17.0 Å². The highest BCUT2D eigenvalue weighted by Crippen LogP contribution is 2.22. The van der Waals surface area contributed by atoms with Crippen molar-refractivity contribution in [3.8, 4) is 11.4 Å². The van der Waals surface area contributed by atoms with Crippen molar-refractivity contribution in [1.29, 1.82) is 0 Å². The number of hydrogen-bond acceptors (Lipinski definition) is 3. The Morgan fingerprint density at radius 1 is 1.42 bits per heavy atom. The lowest BCUT2D eigenvalue weighted by atomic mass is 10.2. The predicted octanol–water partition coefficient (Wildman–Crippen LogP) is 2.55. The number of halogens is 1. The zero-order valence-electron chi connectivity index (χ0n) is 10.3. The smallest absolute Gasteiger partial charge is 0.303 e. The third kappa shape index (κ3) is 3.06. The Kier molecular flexibility index (Phi) is 4.06. The summed E-state index contributed by atoms with van der Waals surface area (Å²) >= 11 is 6.19. The molecular formula is C13H13ClN2O3. The second-order valence-electron chi connectivity index (χ2n) is 3.96. The molecule has 0 atom stereocenters. The van der Waals surface area contributed by atoms with E-state index in [0.29, 0.717) is 11.6 Å². The number of ether oxygens (including phenoxy) is 1. The van der Waals surface area contributed by atoms with Gasteiger partial charge in [0.25, 0.3) is 0 Å². The Hall–Kier alpha value is -2.01. The number of hydrogen-bond donors (Lipinski definition) is 1. The van der Waals surface area contributed by atoms with Gasteiger partial charge in [-0.15, -0.1) is 0 Å². The number of carbonyl (C=O) groups is 1. The fourth-order valence-corrected chi connectivity index (χ4v) is 1.96. The number of benzene rings is 1. The van der Waals surface area contributed by atoms with E-state index in [-0.39, 0.29) is 6.42 Å². The van der Waals surface area contributed by atoms with Gasteiger partial charge in [0.05, 0.1) is 19.0 Å². The third-order valence-electron chi connectivity index (χ3n) is 2.71. The van der Waals surface area contributed by atoms with Crippen LogP contribution in [-0.4, -0.2) is 28.0 Å². The molecule has 0 radical (unpaired) electrons. The lowest BCUT2D eigenvalue weighted by molar-refractivity contribution is -0.136. The molecule has 1 aromatic heterocycles. The van der Waals surface area contributed by atoms with Crippen LogP contribution in [0, 0.1) is 0 Å². The van der Waals surface area contributed by atoms with Crippen LogP contribution in [0.1, 0.15) is 12.0 Å². The molecule has 2 rings (SSSR count). The molecule has 0 bridgehead atoms. The second kappa shape index (κ2) is 5.75. The summed E-state index contributed by atoms with van der Waals surface area (Å²) in [5.41, 5.74) is 1.52. The SMILES string of the molecule is COc1ccc(-n2ncc(CCC(=O)O)c2Cl)cc1. The summed E-state index contributed by atoms with van der Waals surface area (Å²) in [5, 5.41) is 13.3. The van der Waals surface area contributed by atoms with Gasteiger partial charge in [-0.3, -0.25) is 4.79 Å². The summed E-state index contributed by atoms with van der Waals surface area (Å²) in [7, 11) is 1.60. The first-order valence-electron chi connectivity index (χ1n) is 5.70. The molecule has 100 valence electrons. The van der Waals surface area contributed by atoms with Crippen LogP contribution >= 0.6 is 11.6 Å². The van der Waals surface area contributed by atoms with E-state index < -0.39 is 5.97 Å². The molecule has 0 unspecified atom stereocenters. The summed E-state index contributed by atoms with van der Waals surface area (Å²) < 4.78 is 6.65. The van der Waals surface area contributed by atoms with Gasteiger partial charge in [-0.1, -0.05) is 11.6 Å². The van der Waals surface area contributed by atoms with Crippen LogP contribution < -0.4 is 4.74 Å². The molecule has 1 aromatic carbocycles. The van der Waals surface area contributed by atoms with E-state index in [1.807, 2.05) is 24.3 Å². The van der Waals surface area contributed by atoms with Crippen LogP contribution in [0.5, 0.6) is 5.75 Å². The first kappa shape index (κ1) is 13.4. The molecule has 0 saturated heterocycles. The number of aromatic nitrogens is 2. The van der Waals surface area contributed by atoms with Crippen LogP contribution in [0.25, 0.3) is 5.69 Å². The Balaban J connectivity index is 2.22. The molecule has 0 saturated carbocycles. The number of rotatable bonds is 5. The molecule has 0 aliphatic carbocycles. The number of nitrogens with zero attached hydrogens (tertiary/aromatic N) is 2. The standard InChI is InChI=1S/C13H13ClN2O3/c1-19-11-5-3-10(4-6-11)16-13(14)9(8-15-16)2-7-12(17)18/h3-6,8H,2,7H2,1H3,(H,17,18). The first-order chi connectivity index (χ1) is 9.11. The fourth-order valence-electron chi connectivity index (χ4n) is 1.68. The van der Waals surface area contributed by atoms with Crippen LogP contribution in [0.15, 0.2) is 30.5 Å². The van der Waals surface area contributed by atoms with Crippen molar-refractivity contribution >= 4 is 17.6 Å². The lowest BCUT2D eigenvalue weighted by Gasteiger charge is -2.05. The highest BCUT2D eigenvalue weighted by Gasteiger charge is 2.11. The summed E-state index contributed by atoms with van der Waals surface area (Å²) in [6, 6.07) is 7.28. The minimum absolute atomic E-state index is 0.0357. The van der Waals surface area contributed by atoms with E-state index in [9.17, 15) is 4.79 Å².